The second-order valence-corrected chi connectivity index (χ2v) is 7.98. The monoisotopic (exact) mass is 401 g/mol. The van der Waals surface area contributed by atoms with E-state index in [1.807, 2.05) is 40.3 Å². The maximum Gasteiger partial charge on any atom is 0.133 e. The zero-order chi connectivity index (χ0) is 20.0. The molecule has 142 valence electrons. The summed E-state index contributed by atoms with van der Waals surface area (Å²) >= 11 is 1.64. The van der Waals surface area contributed by atoms with Gasteiger partial charge < -0.3 is 9.67 Å². The molecule has 4 aromatic rings. The molecule has 1 aliphatic rings. The highest BCUT2D eigenvalue weighted by molar-refractivity contribution is 7.08. The van der Waals surface area contributed by atoms with Crippen molar-refractivity contribution in [3.8, 4) is 17.2 Å². The highest BCUT2D eigenvalue weighted by atomic mass is 32.1. The van der Waals surface area contributed by atoms with Crippen molar-refractivity contribution in [2.24, 2.45) is 0 Å². The van der Waals surface area contributed by atoms with E-state index >= 15 is 0 Å². The Morgan fingerprint density at radius 2 is 2.00 bits per heavy atom. The van der Waals surface area contributed by atoms with Gasteiger partial charge >= 0.3 is 0 Å². The first kappa shape index (κ1) is 17.8. The highest BCUT2D eigenvalue weighted by Gasteiger charge is 2.45. The van der Waals surface area contributed by atoms with Crippen molar-refractivity contribution >= 4 is 11.3 Å². The van der Waals surface area contributed by atoms with Crippen molar-refractivity contribution in [1.29, 1.82) is 5.26 Å². The lowest BCUT2D eigenvalue weighted by atomic mass is 9.86. The molecule has 3 heterocycles. The fraction of sp³-hybridized carbons (Fsp3) is 0.130. The molecule has 0 fully saturated rings. The molecule has 1 aliphatic heterocycles. The average Bonchev–Trinajstić information content (AvgIpc) is 3.48. The number of thiophene rings is 1. The number of halogens is 1. The summed E-state index contributed by atoms with van der Waals surface area (Å²) in [5.41, 5.74) is 3.05. The fourth-order valence-corrected chi connectivity index (χ4v) is 4.78. The number of rotatable bonds is 3. The molecule has 0 amide bonds. The van der Waals surface area contributed by atoms with Gasteiger partial charge in [-0.2, -0.15) is 16.6 Å². The molecule has 0 saturated carbocycles. The molecule has 5 rings (SSSR count). The number of hydrogen-bond donors (Lipinski definition) is 1. The minimum absolute atomic E-state index is 0.273. The summed E-state index contributed by atoms with van der Waals surface area (Å²) in [5.74, 6) is -0.453. The topological polar surface area (TPSA) is 61.8 Å². The van der Waals surface area contributed by atoms with E-state index < -0.39 is 17.5 Å². The summed E-state index contributed by atoms with van der Waals surface area (Å²) in [6, 6.07) is 15.9. The number of hydrogen-bond acceptors (Lipinski definition) is 4. The molecule has 29 heavy (non-hydrogen) atoms. The number of aromatic nitrogens is 2. The largest absolute Gasteiger partial charge is 0.379 e. The Labute approximate surface area is 171 Å². The van der Waals surface area contributed by atoms with Gasteiger partial charge in [-0.3, -0.25) is 0 Å². The van der Waals surface area contributed by atoms with Gasteiger partial charge in [0.15, 0.2) is 0 Å². The van der Waals surface area contributed by atoms with Crippen LogP contribution in [0.25, 0.3) is 11.1 Å². The van der Waals surface area contributed by atoms with E-state index in [-0.39, 0.29) is 5.56 Å². The Morgan fingerprint density at radius 1 is 1.17 bits per heavy atom. The molecule has 1 N–H and O–H groups in total. The SMILES string of the molecule is N#Cc1ccc([C@H]2C[C@](O)(c3ccc(-c4ccsc4)cc3)c3cncn32)c(F)c1. The Bertz CT molecular complexity index is 1220. The standard InChI is InChI=1S/C23H16FN3OS/c24-20-9-15(11-25)1-6-19(20)21-10-23(28,22-12-26-14-27(21)22)18-4-2-16(3-5-18)17-7-8-29-13-17/h1-9,12-14,21,28H,10H2/t21-,23+/m1/s1. The van der Waals surface area contributed by atoms with Crippen molar-refractivity contribution < 1.29 is 9.50 Å². The molecule has 0 aliphatic carbocycles. The molecule has 0 spiro atoms. The lowest BCUT2D eigenvalue weighted by molar-refractivity contribution is 0.0792. The summed E-state index contributed by atoms with van der Waals surface area (Å²) in [5, 5.41) is 24.7. The van der Waals surface area contributed by atoms with Gasteiger partial charge in [-0.25, -0.2) is 9.37 Å². The molecular weight excluding hydrogens is 385 g/mol. The van der Waals surface area contributed by atoms with E-state index in [0.717, 1.165) is 16.7 Å². The predicted molar refractivity (Wildman–Crippen MR) is 109 cm³/mol. The van der Waals surface area contributed by atoms with Crippen LogP contribution in [0.4, 0.5) is 4.39 Å². The molecule has 0 radical (unpaired) electrons. The van der Waals surface area contributed by atoms with Crippen LogP contribution in [-0.4, -0.2) is 14.7 Å². The summed E-state index contributed by atoms with van der Waals surface area (Å²) in [7, 11) is 0. The third-order valence-corrected chi connectivity index (χ3v) is 6.30. The molecule has 2 aromatic heterocycles. The Kier molecular flexibility index (Phi) is 4.09. The minimum atomic E-state index is -1.27. The quantitative estimate of drug-likeness (QED) is 0.534. The second kappa shape index (κ2) is 6.66. The summed E-state index contributed by atoms with van der Waals surface area (Å²) in [6.07, 6.45) is 3.55. The van der Waals surface area contributed by atoms with E-state index in [4.69, 9.17) is 5.26 Å². The average molecular weight is 401 g/mol. The zero-order valence-corrected chi connectivity index (χ0v) is 16.1. The lowest BCUT2D eigenvalue weighted by Gasteiger charge is -2.23. The fourth-order valence-electron chi connectivity index (χ4n) is 4.12. The van der Waals surface area contributed by atoms with Gasteiger partial charge in [0.1, 0.15) is 11.4 Å². The van der Waals surface area contributed by atoms with Crippen LogP contribution in [0.3, 0.4) is 0 Å². The van der Waals surface area contributed by atoms with Gasteiger partial charge in [0.2, 0.25) is 0 Å². The van der Waals surface area contributed by atoms with Crippen LogP contribution in [0.5, 0.6) is 0 Å². The molecule has 6 heteroatoms. The summed E-state index contributed by atoms with van der Waals surface area (Å²) in [4.78, 5) is 4.19. The van der Waals surface area contributed by atoms with E-state index in [1.165, 1.54) is 6.07 Å². The Morgan fingerprint density at radius 3 is 2.69 bits per heavy atom. The van der Waals surface area contributed by atoms with Crippen molar-refractivity contribution in [3.63, 3.8) is 0 Å². The van der Waals surface area contributed by atoms with Gasteiger partial charge in [0, 0.05) is 12.0 Å². The van der Waals surface area contributed by atoms with Crippen molar-refractivity contribution in [1.82, 2.24) is 9.55 Å². The van der Waals surface area contributed by atoms with Gasteiger partial charge in [-0.15, -0.1) is 0 Å². The van der Waals surface area contributed by atoms with Crippen LogP contribution >= 0.6 is 11.3 Å². The lowest BCUT2D eigenvalue weighted by Crippen LogP contribution is -2.24. The number of aliphatic hydroxyl groups is 1. The van der Waals surface area contributed by atoms with Crippen LogP contribution in [-0.2, 0) is 5.60 Å². The van der Waals surface area contributed by atoms with Crippen LogP contribution in [0.1, 0.15) is 34.8 Å². The maximum atomic E-state index is 14.7. The van der Waals surface area contributed by atoms with E-state index in [9.17, 15) is 9.50 Å². The number of fused-ring (bicyclic) bond motifs is 1. The van der Waals surface area contributed by atoms with E-state index in [2.05, 4.69) is 16.4 Å². The first-order chi connectivity index (χ1) is 14.1. The molecule has 4 nitrogen and oxygen atoms in total. The second-order valence-electron chi connectivity index (χ2n) is 7.20. The highest BCUT2D eigenvalue weighted by Crippen LogP contribution is 2.47. The molecule has 0 unspecified atom stereocenters. The molecular formula is C23H16FN3OS. The molecule has 0 bridgehead atoms. The van der Waals surface area contributed by atoms with Crippen molar-refractivity contribution in [2.75, 3.05) is 0 Å². The van der Waals surface area contributed by atoms with Crippen molar-refractivity contribution in [2.45, 2.75) is 18.1 Å². The van der Waals surface area contributed by atoms with Crippen LogP contribution in [0.15, 0.2) is 71.8 Å². The zero-order valence-electron chi connectivity index (χ0n) is 15.3. The van der Waals surface area contributed by atoms with Gasteiger partial charge in [-0.05, 0) is 45.6 Å². The predicted octanol–water partition coefficient (Wildman–Crippen LogP) is 4.85. The van der Waals surface area contributed by atoms with Gasteiger partial charge in [-0.1, -0.05) is 30.3 Å². The Balaban J connectivity index is 1.54. The number of nitrogens with zero attached hydrogens (tertiary/aromatic N) is 3. The minimum Gasteiger partial charge on any atom is -0.379 e. The molecule has 2 aromatic carbocycles. The van der Waals surface area contributed by atoms with Crippen LogP contribution in [0, 0.1) is 17.1 Å². The summed E-state index contributed by atoms with van der Waals surface area (Å²) in [6.45, 7) is 0. The molecule has 2 atom stereocenters. The van der Waals surface area contributed by atoms with Gasteiger partial charge in [0.05, 0.1) is 35.9 Å². The first-order valence-electron chi connectivity index (χ1n) is 9.17. The first-order valence-corrected chi connectivity index (χ1v) is 10.1. The smallest absolute Gasteiger partial charge is 0.133 e. The van der Waals surface area contributed by atoms with Crippen molar-refractivity contribution in [3.05, 3.63) is 100 Å². The summed E-state index contributed by atoms with van der Waals surface area (Å²) < 4.78 is 16.5. The normalized spacial score (nSPS) is 20.4. The van der Waals surface area contributed by atoms with E-state index in [0.29, 0.717) is 17.7 Å². The van der Waals surface area contributed by atoms with Crippen LogP contribution < -0.4 is 0 Å². The third-order valence-electron chi connectivity index (χ3n) is 5.62. The Hall–Kier alpha value is -3.27. The van der Waals surface area contributed by atoms with E-state index in [1.54, 1.807) is 36.0 Å². The maximum absolute atomic E-state index is 14.7. The van der Waals surface area contributed by atoms with Gasteiger partial charge in [0.25, 0.3) is 0 Å². The third kappa shape index (κ3) is 2.79. The number of nitriles is 1. The molecule has 0 saturated heterocycles. The van der Waals surface area contributed by atoms with Crippen LogP contribution in [0.2, 0.25) is 0 Å². The number of imidazole rings is 1. The number of benzene rings is 2.